The van der Waals surface area contributed by atoms with E-state index in [9.17, 15) is 4.79 Å². The highest BCUT2D eigenvalue weighted by molar-refractivity contribution is 9.10. The van der Waals surface area contributed by atoms with Gasteiger partial charge < -0.3 is 10.6 Å². The number of carbonyl (C=O) groups excluding carboxylic acids is 1. The minimum absolute atomic E-state index is 0.174. The van der Waals surface area contributed by atoms with Crippen molar-refractivity contribution >= 4 is 38.9 Å². The molecule has 3 rings (SSSR count). The first-order valence-electron chi connectivity index (χ1n) is 7.05. The number of nitrogens with one attached hydrogen (secondary N) is 2. The van der Waals surface area contributed by atoms with Gasteiger partial charge in [0.1, 0.15) is 0 Å². The number of rotatable bonds is 4. The smallest absolute Gasteiger partial charge is 0.257 e. The number of halogens is 1. The van der Waals surface area contributed by atoms with E-state index in [-0.39, 0.29) is 5.91 Å². The van der Waals surface area contributed by atoms with Crippen LogP contribution < -0.4 is 10.6 Å². The first-order chi connectivity index (χ1) is 11.2. The normalized spacial score (nSPS) is 10.1. The Balaban J connectivity index is 1.65. The lowest BCUT2D eigenvalue weighted by molar-refractivity contribution is 0.102. The molecule has 0 aliphatic carbocycles. The summed E-state index contributed by atoms with van der Waals surface area (Å²) in [5, 5.41) is 6.14. The maximum absolute atomic E-state index is 12.1. The van der Waals surface area contributed by atoms with Crippen LogP contribution in [0, 0.1) is 0 Å². The molecule has 0 aliphatic heterocycles. The van der Waals surface area contributed by atoms with E-state index in [1.165, 1.54) is 0 Å². The van der Waals surface area contributed by atoms with Crippen LogP contribution in [-0.4, -0.2) is 10.9 Å². The zero-order chi connectivity index (χ0) is 16.1. The molecule has 0 saturated carbocycles. The van der Waals surface area contributed by atoms with E-state index in [1.54, 1.807) is 24.5 Å². The van der Waals surface area contributed by atoms with Gasteiger partial charge in [0.2, 0.25) is 0 Å². The molecular formula is C18H14BrN3O. The Morgan fingerprint density at radius 1 is 0.870 bits per heavy atom. The molecule has 1 aromatic heterocycles. The van der Waals surface area contributed by atoms with Crippen LogP contribution in [0.3, 0.4) is 0 Å². The van der Waals surface area contributed by atoms with E-state index >= 15 is 0 Å². The minimum atomic E-state index is -0.174. The third-order valence-corrected chi connectivity index (χ3v) is 3.73. The van der Waals surface area contributed by atoms with Crippen molar-refractivity contribution in [3.63, 3.8) is 0 Å². The van der Waals surface area contributed by atoms with Crippen LogP contribution in [0.15, 0.2) is 77.5 Å². The van der Waals surface area contributed by atoms with Gasteiger partial charge >= 0.3 is 0 Å². The van der Waals surface area contributed by atoms with Gasteiger partial charge in [-0.05, 0) is 60.7 Å². The number of pyridine rings is 1. The molecule has 1 amide bonds. The quantitative estimate of drug-likeness (QED) is 0.693. The van der Waals surface area contributed by atoms with Gasteiger partial charge in [-0.1, -0.05) is 15.9 Å². The van der Waals surface area contributed by atoms with E-state index in [2.05, 4.69) is 31.5 Å². The molecule has 4 nitrogen and oxygen atoms in total. The van der Waals surface area contributed by atoms with Gasteiger partial charge in [0.15, 0.2) is 0 Å². The van der Waals surface area contributed by atoms with Gasteiger partial charge in [0, 0.05) is 33.9 Å². The topological polar surface area (TPSA) is 54.0 Å². The highest BCUT2D eigenvalue weighted by atomic mass is 79.9. The Hall–Kier alpha value is -2.66. The van der Waals surface area contributed by atoms with Crippen molar-refractivity contribution in [1.82, 2.24) is 4.98 Å². The molecule has 114 valence electrons. The number of benzene rings is 2. The number of hydrogen-bond donors (Lipinski definition) is 2. The molecule has 5 heteroatoms. The average molecular weight is 368 g/mol. The second-order valence-electron chi connectivity index (χ2n) is 4.91. The second kappa shape index (κ2) is 7.07. The summed E-state index contributed by atoms with van der Waals surface area (Å²) < 4.78 is 1.04. The lowest BCUT2D eigenvalue weighted by atomic mass is 10.2. The van der Waals surface area contributed by atoms with Crippen LogP contribution in [0.25, 0.3) is 0 Å². The van der Waals surface area contributed by atoms with Crippen LogP contribution in [0.2, 0.25) is 0 Å². The number of nitrogens with zero attached hydrogens (tertiary/aromatic N) is 1. The monoisotopic (exact) mass is 367 g/mol. The highest BCUT2D eigenvalue weighted by Gasteiger charge is 2.05. The van der Waals surface area contributed by atoms with Crippen LogP contribution in [-0.2, 0) is 0 Å². The molecular weight excluding hydrogens is 354 g/mol. The molecule has 0 fully saturated rings. The summed E-state index contributed by atoms with van der Waals surface area (Å²) in [6, 6.07) is 18.9. The van der Waals surface area contributed by atoms with Crippen molar-refractivity contribution in [3.05, 3.63) is 83.1 Å². The maximum atomic E-state index is 12.1. The summed E-state index contributed by atoms with van der Waals surface area (Å²) in [6.45, 7) is 0. The molecule has 0 bridgehead atoms. The van der Waals surface area contributed by atoms with Crippen molar-refractivity contribution in [2.75, 3.05) is 10.6 Å². The molecule has 2 N–H and O–H groups in total. The summed E-state index contributed by atoms with van der Waals surface area (Å²) in [5.41, 5.74) is 3.22. The molecule has 0 atom stereocenters. The average Bonchev–Trinajstić information content (AvgIpc) is 2.59. The molecule has 2 aromatic carbocycles. The van der Waals surface area contributed by atoms with Gasteiger partial charge in [-0.15, -0.1) is 0 Å². The van der Waals surface area contributed by atoms with Crippen molar-refractivity contribution in [3.8, 4) is 0 Å². The zero-order valence-electron chi connectivity index (χ0n) is 12.2. The van der Waals surface area contributed by atoms with Crippen molar-refractivity contribution < 1.29 is 4.79 Å². The summed E-state index contributed by atoms with van der Waals surface area (Å²) in [4.78, 5) is 16.0. The first kappa shape index (κ1) is 15.2. The third-order valence-electron chi connectivity index (χ3n) is 3.20. The fourth-order valence-corrected chi connectivity index (χ4v) is 2.30. The maximum Gasteiger partial charge on any atom is 0.257 e. The predicted octanol–water partition coefficient (Wildman–Crippen LogP) is 4.84. The lowest BCUT2D eigenvalue weighted by Gasteiger charge is -2.09. The van der Waals surface area contributed by atoms with Gasteiger partial charge in [0.05, 0.1) is 5.56 Å². The largest absolute Gasteiger partial charge is 0.356 e. The standard InChI is InChI=1S/C18H14BrN3O/c19-14-3-5-15(6-4-14)21-16-7-9-17(10-8-16)22-18(23)13-2-1-11-20-12-13/h1-12,21H,(H,22,23). The number of anilines is 3. The van der Waals surface area contributed by atoms with Gasteiger partial charge in [-0.25, -0.2) is 0 Å². The molecule has 0 unspecified atom stereocenters. The predicted molar refractivity (Wildman–Crippen MR) is 96.1 cm³/mol. The van der Waals surface area contributed by atoms with E-state index in [4.69, 9.17) is 0 Å². The van der Waals surface area contributed by atoms with Crippen LogP contribution in [0.5, 0.6) is 0 Å². The number of amides is 1. The van der Waals surface area contributed by atoms with E-state index in [0.29, 0.717) is 5.56 Å². The molecule has 3 aromatic rings. The van der Waals surface area contributed by atoms with Crippen LogP contribution in [0.1, 0.15) is 10.4 Å². The highest BCUT2D eigenvalue weighted by Crippen LogP contribution is 2.21. The van der Waals surface area contributed by atoms with E-state index < -0.39 is 0 Å². The van der Waals surface area contributed by atoms with Crippen molar-refractivity contribution in [2.24, 2.45) is 0 Å². The molecule has 0 aliphatic rings. The summed E-state index contributed by atoms with van der Waals surface area (Å²) >= 11 is 3.41. The number of hydrogen-bond acceptors (Lipinski definition) is 3. The minimum Gasteiger partial charge on any atom is -0.356 e. The second-order valence-corrected chi connectivity index (χ2v) is 5.82. The fraction of sp³-hybridized carbons (Fsp3) is 0. The Kier molecular flexibility index (Phi) is 4.68. The van der Waals surface area contributed by atoms with Gasteiger partial charge in [-0.2, -0.15) is 0 Å². The summed E-state index contributed by atoms with van der Waals surface area (Å²) in [5.74, 6) is -0.174. The van der Waals surface area contributed by atoms with Crippen LogP contribution >= 0.6 is 15.9 Å². The molecule has 0 saturated heterocycles. The Morgan fingerprint density at radius 2 is 1.48 bits per heavy atom. The zero-order valence-corrected chi connectivity index (χ0v) is 13.7. The number of aromatic nitrogens is 1. The lowest BCUT2D eigenvalue weighted by Crippen LogP contribution is -2.11. The Morgan fingerprint density at radius 3 is 2.09 bits per heavy atom. The van der Waals surface area contributed by atoms with Crippen molar-refractivity contribution in [1.29, 1.82) is 0 Å². The summed E-state index contributed by atoms with van der Waals surface area (Å²) in [7, 11) is 0. The summed E-state index contributed by atoms with van der Waals surface area (Å²) in [6.07, 6.45) is 3.18. The third kappa shape index (κ3) is 4.17. The molecule has 0 spiro atoms. The van der Waals surface area contributed by atoms with Crippen molar-refractivity contribution in [2.45, 2.75) is 0 Å². The first-order valence-corrected chi connectivity index (χ1v) is 7.84. The Labute approximate surface area is 142 Å². The number of carbonyl (C=O) groups is 1. The van der Waals surface area contributed by atoms with Crippen LogP contribution in [0.4, 0.5) is 17.1 Å². The van der Waals surface area contributed by atoms with Gasteiger partial charge in [-0.3, -0.25) is 9.78 Å². The molecule has 23 heavy (non-hydrogen) atoms. The SMILES string of the molecule is O=C(Nc1ccc(Nc2ccc(Br)cc2)cc1)c1cccnc1. The van der Waals surface area contributed by atoms with E-state index in [0.717, 1.165) is 21.5 Å². The van der Waals surface area contributed by atoms with E-state index in [1.807, 2.05) is 48.5 Å². The molecule has 0 radical (unpaired) electrons. The Bertz CT molecular complexity index is 787. The fourth-order valence-electron chi connectivity index (χ4n) is 2.04. The molecule has 1 heterocycles. The van der Waals surface area contributed by atoms with Gasteiger partial charge in [0.25, 0.3) is 5.91 Å².